The van der Waals surface area contributed by atoms with Crippen LogP contribution in [0.1, 0.15) is 46.5 Å². The van der Waals surface area contributed by atoms with Crippen molar-refractivity contribution in [1.29, 1.82) is 0 Å². The third-order valence-corrected chi connectivity index (χ3v) is 4.83. The minimum Gasteiger partial charge on any atom is -0.378 e. The topological polar surface area (TPSA) is 38.5 Å². The molecule has 1 saturated heterocycles. The monoisotopic (exact) mass is 254 g/mol. The normalized spacial score (nSPS) is 33.3. The number of rotatable bonds is 6. The van der Waals surface area contributed by atoms with Gasteiger partial charge in [0.05, 0.1) is 6.10 Å². The molecule has 106 valence electrons. The maximum Gasteiger partial charge on any atom is 0.0616 e. The van der Waals surface area contributed by atoms with Gasteiger partial charge in [0, 0.05) is 25.2 Å². The third-order valence-electron chi connectivity index (χ3n) is 4.83. The highest BCUT2D eigenvalue weighted by molar-refractivity contribution is 4.98. The summed E-state index contributed by atoms with van der Waals surface area (Å²) in [5, 5.41) is 0. The van der Waals surface area contributed by atoms with E-state index < -0.39 is 0 Å². The first-order valence-corrected chi connectivity index (χ1v) is 7.68. The fraction of sp³-hybridized carbons (Fsp3) is 1.00. The molecule has 2 fully saturated rings. The molecule has 0 spiro atoms. The van der Waals surface area contributed by atoms with Gasteiger partial charge in [-0.2, -0.15) is 0 Å². The van der Waals surface area contributed by atoms with Gasteiger partial charge in [-0.15, -0.1) is 0 Å². The van der Waals surface area contributed by atoms with Crippen LogP contribution in [-0.2, 0) is 4.74 Å². The Balaban J connectivity index is 2.06. The Morgan fingerprint density at radius 1 is 1.39 bits per heavy atom. The molecule has 0 aromatic heterocycles. The van der Waals surface area contributed by atoms with Crippen LogP contribution in [0, 0.1) is 11.8 Å². The van der Waals surface area contributed by atoms with Gasteiger partial charge in [0.25, 0.3) is 0 Å². The number of nitrogens with zero attached hydrogens (tertiary/aromatic N) is 1. The molecule has 1 aliphatic carbocycles. The van der Waals surface area contributed by atoms with Crippen LogP contribution in [0.5, 0.6) is 0 Å². The van der Waals surface area contributed by atoms with Gasteiger partial charge in [0.2, 0.25) is 0 Å². The highest BCUT2D eigenvalue weighted by Crippen LogP contribution is 2.37. The van der Waals surface area contributed by atoms with Crippen LogP contribution in [-0.4, -0.2) is 42.8 Å². The number of ether oxygens (including phenoxy) is 1. The Morgan fingerprint density at radius 3 is 2.61 bits per heavy atom. The van der Waals surface area contributed by atoms with Gasteiger partial charge in [-0.1, -0.05) is 20.8 Å². The van der Waals surface area contributed by atoms with E-state index in [1.165, 1.54) is 19.4 Å². The SMILES string of the molecule is CCN(CC1CC1)C1(CN)CCOC(C(C)C)C1. The van der Waals surface area contributed by atoms with Gasteiger partial charge in [-0.25, -0.2) is 0 Å². The standard InChI is InChI=1S/C15H30N2O/c1-4-17(10-13-5-6-13)15(11-16)7-8-18-14(9-15)12(2)3/h12-14H,4-11,16H2,1-3H3. The first-order valence-electron chi connectivity index (χ1n) is 7.68. The predicted molar refractivity (Wildman–Crippen MR) is 75.6 cm³/mol. The average Bonchev–Trinajstić information content (AvgIpc) is 3.19. The van der Waals surface area contributed by atoms with E-state index in [0.717, 1.165) is 38.5 Å². The lowest BCUT2D eigenvalue weighted by Gasteiger charge is -2.48. The molecule has 0 aromatic rings. The van der Waals surface area contributed by atoms with Gasteiger partial charge < -0.3 is 10.5 Å². The van der Waals surface area contributed by atoms with Gasteiger partial charge in [-0.05, 0) is 44.1 Å². The van der Waals surface area contributed by atoms with Crippen molar-refractivity contribution in [2.24, 2.45) is 17.6 Å². The van der Waals surface area contributed by atoms with Crippen LogP contribution in [0.3, 0.4) is 0 Å². The second-order valence-corrected chi connectivity index (χ2v) is 6.52. The molecule has 1 saturated carbocycles. The van der Waals surface area contributed by atoms with Crippen LogP contribution in [0.25, 0.3) is 0 Å². The molecule has 1 heterocycles. The largest absolute Gasteiger partial charge is 0.378 e. The first kappa shape index (κ1) is 14.3. The molecule has 3 nitrogen and oxygen atoms in total. The average molecular weight is 254 g/mol. The van der Waals surface area contributed by atoms with Gasteiger partial charge >= 0.3 is 0 Å². The summed E-state index contributed by atoms with van der Waals surface area (Å²) in [6, 6.07) is 0. The number of nitrogens with two attached hydrogens (primary N) is 1. The number of likely N-dealkylation sites (N-methyl/N-ethyl adjacent to an activating group) is 1. The Kier molecular flexibility index (Phi) is 4.68. The molecule has 0 aromatic carbocycles. The zero-order valence-electron chi connectivity index (χ0n) is 12.3. The zero-order chi connectivity index (χ0) is 13.2. The van der Waals surface area contributed by atoms with E-state index in [1.54, 1.807) is 0 Å². The molecule has 2 aliphatic rings. The smallest absolute Gasteiger partial charge is 0.0616 e. The van der Waals surface area contributed by atoms with E-state index in [-0.39, 0.29) is 5.54 Å². The van der Waals surface area contributed by atoms with Crippen molar-refractivity contribution in [1.82, 2.24) is 4.90 Å². The zero-order valence-corrected chi connectivity index (χ0v) is 12.3. The number of hydrogen-bond acceptors (Lipinski definition) is 3. The molecule has 2 atom stereocenters. The maximum atomic E-state index is 6.18. The van der Waals surface area contributed by atoms with Gasteiger partial charge in [0.15, 0.2) is 0 Å². The molecule has 18 heavy (non-hydrogen) atoms. The summed E-state index contributed by atoms with van der Waals surface area (Å²) in [4.78, 5) is 2.66. The van der Waals surface area contributed by atoms with Crippen molar-refractivity contribution >= 4 is 0 Å². The molecule has 0 bridgehead atoms. The van der Waals surface area contributed by atoms with Crippen molar-refractivity contribution in [2.45, 2.75) is 58.1 Å². The second kappa shape index (κ2) is 5.89. The van der Waals surface area contributed by atoms with Gasteiger partial charge in [-0.3, -0.25) is 4.90 Å². The van der Waals surface area contributed by atoms with Crippen molar-refractivity contribution in [3.63, 3.8) is 0 Å². The molecular formula is C15H30N2O. The lowest BCUT2D eigenvalue weighted by molar-refractivity contribution is -0.0874. The Hall–Kier alpha value is -0.120. The van der Waals surface area contributed by atoms with E-state index in [1.807, 2.05) is 0 Å². The van der Waals surface area contributed by atoms with Crippen LogP contribution in [0.4, 0.5) is 0 Å². The minimum absolute atomic E-state index is 0.199. The Labute approximate surface area is 112 Å². The van der Waals surface area contributed by atoms with Gasteiger partial charge in [0.1, 0.15) is 0 Å². The highest BCUT2D eigenvalue weighted by atomic mass is 16.5. The fourth-order valence-electron chi connectivity index (χ4n) is 3.24. The van der Waals surface area contributed by atoms with E-state index in [9.17, 15) is 0 Å². The summed E-state index contributed by atoms with van der Waals surface area (Å²) in [6.45, 7) is 10.8. The molecule has 3 heteroatoms. The van der Waals surface area contributed by atoms with Crippen LogP contribution in [0.2, 0.25) is 0 Å². The van der Waals surface area contributed by atoms with Crippen molar-refractivity contribution in [3.05, 3.63) is 0 Å². The lowest BCUT2D eigenvalue weighted by atomic mass is 9.81. The summed E-state index contributed by atoms with van der Waals surface area (Å²) in [5.41, 5.74) is 6.37. The molecule has 0 amide bonds. The predicted octanol–water partition coefficient (Wildman–Crippen LogP) is 2.25. The minimum atomic E-state index is 0.199. The molecule has 0 radical (unpaired) electrons. The van der Waals surface area contributed by atoms with Crippen LogP contribution >= 0.6 is 0 Å². The molecule has 2 rings (SSSR count). The van der Waals surface area contributed by atoms with E-state index in [2.05, 4.69) is 25.7 Å². The van der Waals surface area contributed by atoms with E-state index in [4.69, 9.17) is 10.5 Å². The summed E-state index contributed by atoms with van der Waals surface area (Å²) >= 11 is 0. The summed E-state index contributed by atoms with van der Waals surface area (Å²) in [6.07, 6.45) is 5.44. The van der Waals surface area contributed by atoms with Crippen molar-refractivity contribution in [3.8, 4) is 0 Å². The Morgan fingerprint density at radius 2 is 2.11 bits per heavy atom. The summed E-state index contributed by atoms with van der Waals surface area (Å²) in [7, 11) is 0. The quantitative estimate of drug-likeness (QED) is 0.790. The number of hydrogen-bond donors (Lipinski definition) is 1. The van der Waals surface area contributed by atoms with Crippen LogP contribution in [0.15, 0.2) is 0 Å². The molecule has 2 N–H and O–H groups in total. The lowest BCUT2D eigenvalue weighted by Crippen LogP contribution is -2.59. The summed E-state index contributed by atoms with van der Waals surface area (Å²) < 4.78 is 5.93. The van der Waals surface area contributed by atoms with E-state index in [0.29, 0.717) is 12.0 Å². The second-order valence-electron chi connectivity index (χ2n) is 6.52. The summed E-state index contributed by atoms with van der Waals surface area (Å²) in [5.74, 6) is 1.53. The molecule has 2 unspecified atom stereocenters. The maximum absolute atomic E-state index is 6.18. The fourth-order valence-corrected chi connectivity index (χ4v) is 3.24. The van der Waals surface area contributed by atoms with Crippen LogP contribution < -0.4 is 5.73 Å². The van der Waals surface area contributed by atoms with Crippen molar-refractivity contribution < 1.29 is 4.74 Å². The molecule has 1 aliphatic heterocycles. The highest BCUT2D eigenvalue weighted by Gasteiger charge is 2.42. The first-order chi connectivity index (χ1) is 8.61. The third kappa shape index (κ3) is 3.06. The van der Waals surface area contributed by atoms with E-state index >= 15 is 0 Å². The Bertz CT molecular complexity index is 265. The van der Waals surface area contributed by atoms with Crippen molar-refractivity contribution in [2.75, 3.05) is 26.2 Å². The molecular weight excluding hydrogens is 224 g/mol.